The van der Waals surface area contributed by atoms with Crippen molar-refractivity contribution < 1.29 is 4.79 Å². The van der Waals surface area contributed by atoms with Crippen molar-refractivity contribution in [1.82, 2.24) is 9.88 Å². The lowest BCUT2D eigenvalue weighted by Gasteiger charge is -2.10. The number of amides is 1. The molecule has 138 valence electrons. The molecule has 0 fully saturated rings. The Balaban J connectivity index is 1.58. The number of rotatable bonds is 5. The van der Waals surface area contributed by atoms with Crippen LogP contribution >= 0.6 is 0 Å². The van der Waals surface area contributed by atoms with Crippen LogP contribution in [0.25, 0.3) is 22.0 Å². The zero-order valence-electron chi connectivity index (χ0n) is 15.6. The van der Waals surface area contributed by atoms with Crippen LogP contribution in [0.4, 0.5) is 5.69 Å². The summed E-state index contributed by atoms with van der Waals surface area (Å²) in [5.41, 5.74) is 4.97. The van der Waals surface area contributed by atoms with Crippen molar-refractivity contribution in [1.29, 1.82) is 0 Å². The molecular weight excluding hydrogens is 338 g/mol. The molecule has 2 aromatic carbocycles. The van der Waals surface area contributed by atoms with Gasteiger partial charge in [-0.3, -0.25) is 9.59 Å². The van der Waals surface area contributed by atoms with E-state index in [1.165, 1.54) is 0 Å². The predicted molar refractivity (Wildman–Crippen MR) is 109 cm³/mol. The van der Waals surface area contributed by atoms with Crippen LogP contribution in [0.1, 0.15) is 24.0 Å². The van der Waals surface area contributed by atoms with E-state index in [0.29, 0.717) is 6.42 Å². The third-order valence-electron chi connectivity index (χ3n) is 5.07. The van der Waals surface area contributed by atoms with Gasteiger partial charge in [-0.1, -0.05) is 24.3 Å². The van der Waals surface area contributed by atoms with Crippen LogP contribution in [-0.4, -0.2) is 36.4 Å². The van der Waals surface area contributed by atoms with E-state index in [2.05, 4.69) is 15.2 Å². The number of nitrogens with zero attached hydrogens (tertiary/aromatic N) is 1. The molecule has 1 aromatic heterocycles. The summed E-state index contributed by atoms with van der Waals surface area (Å²) in [6.07, 6.45) is 2.10. The molecule has 0 atom stereocenters. The normalized spacial score (nSPS) is 12.3. The lowest BCUT2D eigenvalue weighted by atomic mass is 10.0. The van der Waals surface area contributed by atoms with Gasteiger partial charge in [0.1, 0.15) is 0 Å². The molecule has 1 aliphatic carbocycles. The van der Waals surface area contributed by atoms with Gasteiger partial charge in [0, 0.05) is 29.5 Å². The van der Waals surface area contributed by atoms with E-state index in [0.717, 1.165) is 58.2 Å². The van der Waals surface area contributed by atoms with Crippen LogP contribution in [0.5, 0.6) is 0 Å². The molecule has 0 saturated carbocycles. The maximum Gasteiger partial charge on any atom is 0.256 e. The molecule has 5 nitrogen and oxygen atoms in total. The van der Waals surface area contributed by atoms with Gasteiger partial charge in [-0.2, -0.15) is 0 Å². The van der Waals surface area contributed by atoms with Gasteiger partial charge in [0.15, 0.2) is 0 Å². The molecular formula is C22H23N3O2. The second-order valence-corrected chi connectivity index (χ2v) is 7.36. The number of nitrogens with one attached hydrogen (secondary N) is 2. The summed E-state index contributed by atoms with van der Waals surface area (Å²) < 4.78 is 0. The zero-order valence-corrected chi connectivity index (χ0v) is 15.6. The number of aromatic nitrogens is 1. The maximum absolute atomic E-state index is 12.4. The third-order valence-corrected chi connectivity index (χ3v) is 5.07. The van der Waals surface area contributed by atoms with E-state index in [-0.39, 0.29) is 11.5 Å². The highest BCUT2D eigenvalue weighted by molar-refractivity contribution is 5.94. The Morgan fingerprint density at radius 2 is 1.93 bits per heavy atom. The Morgan fingerprint density at radius 1 is 1.15 bits per heavy atom. The van der Waals surface area contributed by atoms with Crippen molar-refractivity contribution in [2.45, 2.75) is 19.3 Å². The maximum atomic E-state index is 12.4. The molecule has 27 heavy (non-hydrogen) atoms. The van der Waals surface area contributed by atoms with Gasteiger partial charge in [0.2, 0.25) is 5.91 Å². The summed E-state index contributed by atoms with van der Waals surface area (Å²) in [4.78, 5) is 29.7. The standard InChI is InChI=1S/C22H23N3O2/c1-25(2)11-5-8-20(26)23-15-9-10-16-14(12-15)13-19-17-6-3-4-7-18(17)22(27)24-21(16)19/h3-4,6-7,9-10,12H,5,8,11,13H2,1-2H3,(H,23,26)(H,24,27). The summed E-state index contributed by atoms with van der Waals surface area (Å²) in [5, 5.41) is 4.71. The van der Waals surface area contributed by atoms with Gasteiger partial charge in [-0.15, -0.1) is 0 Å². The van der Waals surface area contributed by atoms with Gasteiger partial charge in [0.25, 0.3) is 5.56 Å². The molecule has 0 saturated heterocycles. The molecule has 4 rings (SSSR count). The minimum atomic E-state index is -0.0597. The minimum absolute atomic E-state index is 0.0335. The highest BCUT2D eigenvalue weighted by atomic mass is 16.1. The number of carbonyl (C=O) groups excluding carboxylic acids is 1. The number of benzene rings is 2. The fourth-order valence-corrected chi connectivity index (χ4v) is 3.78. The number of carbonyl (C=O) groups is 1. The fraction of sp³-hybridized carbons (Fsp3) is 0.273. The zero-order chi connectivity index (χ0) is 19.0. The highest BCUT2D eigenvalue weighted by Crippen LogP contribution is 2.38. The van der Waals surface area contributed by atoms with Crippen molar-refractivity contribution >= 4 is 22.4 Å². The first kappa shape index (κ1) is 17.5. The second-order valence-electron chi connectivity index (χ2n) is 7.36. The molecule has 3 aromatic rings. The average Bonchev–Trinajstić information content (AvgIpc) is 2.99. The predicted octanol–water partition coefficient (Wildman–Crippen LogP) is 3.38. The molecule has 5 heteroatoms. The smallest absolute Gasteiger partial charge is 0.256 e. The van der Waals surface area contributed by atoms with Crippen molar-refractivity contribution in [3.63, 3.8) is 0 Å². The van der Waals surface area contributed by atoms with Crippen molar-refractivity contribution in [2.24, 2.45) is 0 Å². The average molecular weight is 361 g/mol. The van der Waals surface area contributed by atoms with Crippen LogP contribution in [0, 0.1) is 0 Å². The quantitative estimate of drug-likeness (QED) is 0.573. The van der Waals surface area contributed by atoms with Crippen molar-refractivity contribution in [3.05, 3.63) is 63.9 Å². The van der Waals surface area contributed by atoms with Gasteiger partial charge in [-0.05, 0) is 61.8 Å². The minimum Gasteiger partial charge on any atom is -0.326 e. The summed E-state index contributed by atoms with van der Waals surface area (Å²) in [7, 11) is 4.01. The molecule has 1 aliphatic rings. The Kier molecular flexibility index (Phi) is 4.54. The van der Waals surface area contributed by atoms with E-state index in [9.17, 15) is 9.59 Å². The van der Waals surface area contributed by atoms with Crippen molar-refractivity contribution in [3.8, 4) is 11.3 Å². The summed E-state index contributed by atoms with van der Waals surface area (Å²) >= 11 is 0. The van der Waals surface area contributed by atoms with E-state index >= 15 is 0 Å². The SMILES string of the molecule is CN(C)CCCC(=O)Nc1ccc2c(c1)Cc1c-2[nH]c(=O)c2ccccc12. The summed E-state index contributed by atoms with van der Waals surface area (Å²) in [6, 6.07) is 13.6. The number of H-pyrrole nitrogens is 1. The Hall–Kier alpha value is -2.92. The molecule has 1 amide bonds. The lowest BCUT2D eigenvalue weighted by molar-refractivity contribution is -0.116. The lowest BCUT2D eigenvalue weighted by Crippen LogP contribution is -2.17. The van der Waals surface area contributed by atoms with Crippen LogP contribution < -0.4 is 10.9 Å². The number of pyridine rings is 1. The van der Waals surface area contributed by atoms with E-state index in [4.69, 9.17) is 0 Å². The van der Waals surface area contributed by atoms with Crippen LogP contribution in [0.3, 0.4) is 0 Å². The number of fused-ring (bicyclic) bond motifs is 5. The number of anilines is 1. The summed E-state index contributed by atoms with van der Waals surface area (Å²) in [5.74, 6) is 0.0335. The van der Waals surface area contributed by atoms with Gasteiger partial charge in [-0.25, -0.2) is 0 Å². The molecule has 2 N–H and O–H groups in total. The van der Waals surface area contributed by atoms with Crippen LogP contribution in [-0.2, 0) is 11.2 Å². The fourth-order valence-electron chi connectivity index (χ4n) is 3.78. The van der Waals surface area contributed by atoms with Gasteiger partial charge < -0.3 is 15.2 Å². The van der Waals surface area contributed by atoms with E-state index in [1.54, 1.807) is 0 Å². The Labute approximate surface area is 158 Å². The van der Waals surface area contributed by atoms with E-state index < -0.39 is 0 Å². The Bertz CT molecular complexity index is 1080. The van der Waals surface area contributed by atoms with Crippen LogP contribution in [0.2, 0.25) is 0 Å². The third kappa shape index (κ3) is 3.38. The number of hydrogen-bond donors (Lipinski definition) is 2. The first-order chi connectivity index (χ1) is 13.0. The second kappa shape index (κ2) is 7.00. The Morgan fingerprint density at radius 3 is 2.70 bits per heavy atom. The number of hydrogen-bond acceptors (Lipinski definition) is 3. The first-order valence-electron chi connectivity index (χ1n) is 9.24. The molecule has 0 radical (unpaired) electrons. The monoisotopic (exact) mass is 361 g/mol. The molecule has 0 aliphatic heterocycles. The number of aromatic amines is 1. The highest BCUT2D eigenvalue weighted by Gasteiger charge is 2.22. The largest absolute Gasteiger partial charge is 0.326 e. The van der Waals surface area contributed by atoms with E-state index in [1.807, 2.05) is 56.6 Å². The molecule has 1 heterocycles. The topological polar surface area (TPSA) is 65.2 Å². The molecule has 0 spiro atoms. The van der Waals surface area contributed by atoms with Gasteiger partial charge in [0.05, 0.1) is 5.69 Å². The van der Waals surface area contributed by atoms with Crippen molar-refractivity contribution in [2.75, 3.05) is 26.0 Å². The van der Waals surface area contributed by atoms with Gasteiger partial charge >= 0.3 is 0 Å². The molecule has 0 unspecified atom stereocenters. The summed E-state index contributed by atoms with van der Waals surface area (Å²) in [6.45, 7) is 0.896. The van der Waals surface area contributed by atoms with Crippen LogP contribution in [0.15, 0.2) is 47.3 Å². The first-order valence-corrected chi connectivity index (χ1v) is 9.24. The molecule has 0 bridgehead atoms.